The lowest BCUT2D eigenvalue weighted by atomic mass is 9.98. The summed E-state index contributed by atoms with van der Waals surface area (Å²) in [6, 6.07) is 16.2. The molecular formula is C16H20O2. The van der Waals surface area contributed by atoms with Gasteiger partial charge in [0.15, 0.2) is 0 Å². The summed E-state index contributed by atoms with van der Waals surface area (Å²) in [4.78, 5) is 0. The molecule has 0 aliphatic carbocycles. The smallest absolute Gasteiger partial charge is 0.119 e. The Balaban J connectivity index is 0.000000199. The van der Waals surface area contributed by atoms with Gasteiger partial charge in [-0.25, -0.2) is 0 Å². The van der Waals surface area contributed by atoms with Gasteiger partial charge in [0.25, 0.3) is 0 Å². The highest BCUT2D eigenvalue weighted by Crippen LogP contribution is 2.26. The van der Waals surface area contributed by atoms with Crippen LogP contribution in [-0.4, -0.2) is 10.2 Å². The van der Waals surface area contributed by atoms with Gasteiger partial charge in [0, 0.05) is 0 Å². The Kier molecular flexibility index (Phi) is 5.78. The monoisotopic (exact) mass is 244 g/mol. The molecule has 0 amide bonds. The highest BCUT2D eigenvalue weighted by molar-refractivity contribution is 5.34. The first-order valence-corrected chi connectivity index (χ1v) is 6.17. The van der Waals surface area contributed by atoms with Crippen molar-refractivity contribution in [2.75, 3.05) is 0 Å². The summed E-state index contributed by atoms with van der Waals surface area (Å²) < 4.78 is 0. The van der Waals surface area contributed by atoms with Crippen molar-refractivity contribution in [1.29, 1.82) is 0 Å². The fourth-order valence-corrected chi connectivity index (χ4v) is 1.55. The average molecular weight is 244 g/mol. The van der Waals surface area contributed by atoms with Gasteiger partial charge in [-0.05, 0) is 36.1 Å². The summed E-state index contributed by atoms with van der Waals surface area (Å²) in [5.41, 5.74) is 1.05. The third kappa shape index (κ3) is 4.50. The Bertz CT molecular complexity index is 452. The van der Waals surface area contributed by atoms with Gasteiger partial charge in [0.2, 0.25) is 0 Å². The molecule has 2 aromatic rings. The van der Waals surface area contributed by atoms with Crippen LogP contribution in [0.15, 0.2) is 54.6 Å². The van der Waals surface area contributed by atoms with E-state index in [0.717, 1.165) is 12.0 Å². The summed E-state index contributed by atoms with van der Waals surface area (Å²) in [6.07, 6.45) is 1.07. The van der Waals surface area contributed by atoms with E-state index in [-0.39, 0.29) is 0 Å². The lowest BCUT2D eigenvalue weighted by molar-refractivity contribution is 0.462. The van der Waals surface area contributed by atoms with Crippen LogP contribution in [-0.2, 0) is 0 Å². The number of hydrogen-bond acceptors (Lipinski definition) is 2. The molecule has 0 saturated heterocycles. The van der Waals surface area contributed by atoms with E-state index in [1.54, 1.807) is 30.3 Å². The summed E-state index contributed by atoms with van der Waals surface area (Å²) in [5.74, 6) is 1.19. The maximum atomic E-state index is 9.41. The van der Waals surface area contributed by atoms with E-state index in [9.17, 15) is 5.11 Å². The SMILES string of the molecule is CCC(C)c1ccccc1O.Oc1ccccc1. The molecule has 96 valence electrons. The largest absolute Gasteiger partial charge is 0.508 e. The van der Waals surface area contributed by atoms with E-state index >= 15 is 0 Å². The maximum absolute atomic E-state index is 9.41. The molecule has 18 heavy (non-hydrogen) atoms. The molecule has 0 saturated carbocycles. The van der Waals surface area contributed by atoms with Crippen molar-refractivity contribution in [2.45, 2.75) is 26.2 Å². The first-order valence-electron chi connectivity index (χ1n) is 6.17. The Hall–Kier alpha value is -1.96. The third-order valence-corrected chi connectivity index (χ3v) is 2.84. The van der Waals surface area contributed by atoms with Crippen LogP contribution in [0.4, 0.5) is 0 Å². The number of aromatic hydroxyl groups is 2. The van der Waals surface area contributed by atoms with Gasteiger partial charge in [0.05, 0.1) is 0 Å². The Morgan fingerprint density at radius 3 is 1.89 bits per heavy atom. The van der Waals surface area contributed by atoms with E-state index in [1.807, 2.05) is 24.3 Å². The molecular weight excluding hydrogens is 224 g/mol. The summed E-state index contributed by atoms with van der Waals surface area (Å²) in [5, 5.41) is 18.0. The molecule has 0 spiro atoms. The van der Waals surface area contributed by atoms with Crippen LogP contribution in [0.3, 0.4) is 0 Å². The number of phenols is 2. The topological polar surface area (TPSA) is 40.5 Å². The molecule has 0 aliphatic rings. The van der Waals surface area contributed by atoms with Crippen LogP contribution in [0.2, 0.25) is 0 Å². The zero-order valence-electron chi connectivity index (χ0n) is 10.9. The predicted molar refractivity (Wildman–Crippen MR) is 74.9 cm³/mol. The van der Waals surface area contributed by atoms with Crippen molar-refractivity contribution in [2.24, 2.45) is 0 Å². The number of para-hydroxylation sites is 2. The summed E-state index contributed by atoms with van der Waals surface area (Å²) in [7, 11) is 0. The lowest BCUT2D eigenvalue weighted by Gasteiger charge is -2.09. The fourth-order valence-electron chi connectivity index (χ4n) is 1.55. The minimum absolute atomic E-state index is 0.322. The van der Waals surface area contributed by atoms with Crippen molar-refractivity contribution < 1.29 is 10.2 Å². The second-order valence-electron chi connectivity index (χ2n) is 4.20. The molecule has 0 aromatic heterocycles. The first kappa shape index (κ1) is 14.1. The molecule has 0 aliphatic heterocycles. The lowest BCUT2D eigenvalue weighted by Crippen LogP contribution is -1.90. The number of benzene rings is 2. The molecule has 2 heteroatoms. The molecule has 2 rings (SSSR count). The molecule has 0 fully saturated rings. The van der Waals surface area contributed by atoms with Gasteiger partial charge in [0.1, 0.15) is 11.5 Å². The quantitative estimate of drug-likeness (QED) is 0.827. The Morgan fingerprint density at radius 2 is 1.44 bits per heavy atom. The van der Waals surface area contributed by atoms with Crippen molar-refractivity contribution in [1.82, 2.24) is 0 Å². The minimum atomic E-state index is 0.322. The molecule has 2 aromatic carbocycles. The molecule has 2 nitrogen and oxygen atoms in total. The Morgan fingerprint density at radius 1 is 0.889 bits per heavy atom. The summed E-state index contributed by atoms with van der Waals surface area (Å²) >= 11 is 0. The van der Waals surface area contributed by atoms with E-state index in [1.165, 1.54) is 0 Å². The molecule has 0 bridgehead atoms. The normalized spacial score (nSPS) is 11.2. The van der Waals surface area contributed by atoms with Crippen LogP contribution in [0, 0.1) is 0 Å². The van der Waals surface area contributed by atoms with E-state index in [2.05, 4.69) is 13.8 Å². The van der Waals surface area contributed by atoms with Gasteiger partial charge in [-0.2, -0.15) is 0 Å². The van der Waals surface area contributed by atoms with Crippen LogP contribution in [0.25, 0.3) is 0 Å². The Labute approximate surface area is 109 Å². The highest BCUT2D eigenvalue weighted by atomic mass is 16.3. The zero-order valence-corrected chi connectivity index (χ0v) is 10.9. The highest BCUT2D eigenvalue weighted by Gasteiger charge is 2.05. The van der Waals surface area contributed by atoms with Gasteiger partial charge >= 0.3 is 0 Å². The van der Waals surface area contributed by atoms with E-state index < -0.39 is 0 Å². The summed E-state index contributed by atoms with van der Waals surface area (Å²) in [6.45, 7) is 4.24. The van der Waals surface area contributed by atoms with Crippen LogP contribution < -0.4 is 0 Å². The number of rotatable bonds is 2. The number of hydrogen-bond donors (Lipinski definition) is 2. The van der Waals surface area contributed by atoms with Crippen molar-refractivity contribution in [3.63, 3.8) is 0 Å². The average Bonchev–Trinajstić information content (AvgIpc) is 2.40. The molecule has 0 heterocycles. The molecule has 0 radical (unpaired) electrons. The maximum Gasteiger partial charge on any atom is 0.119 e. The number of phenolic OH excluding ortho intramolecular Hbond substituents is 2. The van der Waals surface area contributed by atoms with Gasteiger partial charge in [-0.3, -0.25) is 0 Å². The van der Waals surface area contributed by atoms with Crippen molar-refractivity contribution >= 4 is 0 Å². The van der Waals surface area contributed by atoms with Gasteiger partial charge in [-0.15, -0.1) is 0 Å². The third-order valence-electron chi connectivity index (χ3n) is 2.84. The van der Waals surface area contributed by atoms with E-state index in [4.69, 9.17) is 5.11 Å². The van der Waals surface area contributed by atoms with Crippen LogP contribution >= 0.6 is 0 Å². The van der Waals surface area contributed by atoms with Gasteiger partial charge in [-0.1, -0.05) is 50.2 Å². The first-order chi connectivity index (χ1) is 8.65. The van der Waals surface area contributed by atoms with Crippen LogP contribution in [0.5, 0.6) is 11.5 Å². The standard InChI is InChI=1S/C10H14O.C6H6O/c1-3-8(2)9-6-4-5-7-10(9)11;7-6-4-2-1-3-5-6/h4-8,11H,3H2,1-2H3;1-5,7H. The van der Waals surface area contributed by atoms with Crippen LogP contribution in [0.1, 0.15) is 31.7 Å². The second kappa shape index (κ2) is 7.38. The molecule has 1 atom stereocenters. The molecule has 1 unspecified atom stereocenters. The van der Waals surface area contributed by atoms with Crippen molar-refractivity contribution in [3.05, 3.63) is 60.2 Å². The zero-order chi connectivity index (χ0) is 13.4. The second-order valence-corrected chi connectivity index (χ2v) is 4.20. The fraction of sp³-hybridized carbons (Fsp3) is 0.250. The van der Waals surface area contributed by atoms with Crippen molar-refractivity contribution in [3.8, 4) is 11.5 Å². The minimum Gasteiger partial charge on any atom is -0.508 e. The molecule has 2 N–H and O–H groups in total. The predicted octanol–water partition coefficient (Wildman–Crippen LogP) is 4.30. The van der Waals surface area contributed by atoms with Gasteiger partial charge < -0.3 is 10.2 Å². The van der Waals surface area contributed by atoms with E-state index in [0.29, 0.717) is 17.4 Å².